The molecule has 0 aromatic carbocycles. The second-order valence-corrected chi connectivity index (χ2v) is 4.83. The van der Waals surface area contributed by atoms with Crippen molar-refractivity contribution in [3.8, 4) is 0 Å². The lowest BCUT2D eigenvalue weighted by Crippen LogP contribution is -2.18. The average Bonchev–Trinajstić information content (AvgIpc) is 2.47. The third kappa shape index (κ3) is 3.57. The Labute approximate surface area is 117 Å². The van der Waals surface area contributed by atoms with Crippen LogP contribution in [-0.4, -0.2) is 35.3 Å². The minimum absolute atomic E-state index is 0.767. The molecule has 5 nitrogen and oxygen atoms in total. The number of hydrogen-bond acceptors (Lipinski definition) is 6. The van der Waals surface area contributed by atoms with Gasteiger partial charge in [-0.2, -0.15) is 0 Å². The van der Waals surface area contributed by atoms with Crippen molar-refractivity contribution in [2.24, 2.45) is 0 Å². The van der Waals surface area contributed by atoms with Crippen LogP contribution in [0.15, 0.2) is 35.7 Å². The molecule has 2 aromatic rings. The Balaban J connectivity index is 2.20. The van der Waals surface area contributed by atoms with Crippen molar-refractivity contribution in [2.45, 2.75) is 11.7 Å². The van der Waals surface area contributed by atoms with Crippen molar-refractivity contribution in [1.29, 1.82) is 0 Å². The topological polar surface area (TPSA) is 53.9 Å². The second-order valence-electron chi connectivity index (χ2n) is 4.06. The van der Waals surface area contributed by atoms with Crippen LogP contribution in [0, 0.1) is 0 Å². The average molecular weight is 275 g/mol. The van der Waals surface area contributed by atoms with Crippen LogP contribution in [0.4, 0.5) is 11.6 Å². The molecule has 0 amide bonds. The lowest BCUT2D eigenvalue weighted by Gasteiger charge is -2.19. The molecule has 2 heterocycles. The summed E-state index contributed by atoms with van der Waals surface area (Å²) in [4.78, 5) is 15.0. The van der Waals surface area contributed by atoms with Gasteiger partial charge in [0.2, 0.25) is 0 Å². The SMILES string of the molecule is CNc1cc(N(C)Cc2ccncc2)nc(SC)n1. The first-order chi connectivity index (χ1) is 9.22. The number of nitrogens with one attached hydrogen (secondary N) is 1. The number of nitrogens with zero attached hydrogens (tertiary/aromatic N) is 4. The van der Waals surface area contributed by atoms with E-state index in [2.05, 4.69) is 25.2 Å². The van der Waals surface area contributed by atoms with E-state index in [1.165, 1.54) is 17.3 Å². The first-order valence-electron chi connectivity index (χ1n) is 5.94. The van der Waals surface area contributed by atoms with Gasteiger partial charge in [0.15, 0.2) is 5.16 Å². The molecule has 0 unspecified atom stereocenters. The highest BCUT2D eigenvalue weighted by molar-refractivity contribution is 7.98. The molecule has 0 atom stereocenters. The molecule has 0 aliphatic carbocycles. The molecular formula is C13H17N5S. The van der Waals surface area contributed by atoms with E-state index in [4.69, 9.17) is 0 Å². The Morgan fingerprint density at radius 3 is 2.63 bits per heavy atom. The van der Waals surface area contributed by atoms with Crippen LogP contribution in [0.2, 0.25) is 0 Å². The summed E-state index contributed by atoms with van der Waals surface area (Å²) in [6.45, 7) is 0.788. The van der Waals surface area contributed by atoms with E-state index in [9.17, 15) is 0 Å². The largest absolute Gasteiger partial charge is 0.373 e. The predicted molar refractivity (Wildman–Crippen MR) is 79.7 cm³/mol. The Morgan fingerprint density at radius 1 is 1.26 bits per heavy atom. The molecule has 19 heavy (non-hydrogen) atoms. The maximum absolute atomic E-state index is 4.52. The zero-order chi connectivity index (χ0) is 13.7. The summed E-state index contributed by atoms with van der Waals surface area (Å²) in [5.41, 5.74) is 1.20. The fourth-order valence-electron chi connectivity index (χ4n) is 1.67. The molecule has 0 saturated carbocycles. The van der Waals surface area contributed by atoms with Gasteiger partial charge in [0.1, 0.15) is 11.6 Å². The molecule has 2 rings (SSSR count). The summed E-state index contributed by atoms with van der Waals surface area (Å²) in [5, 5.41) is 3.83. The standard InChI is InChI=1S/C13H17N5S/c1-14-11-8-12(17-13(16-11)19-3)18(2)9-10-4-6-15-7-5-10/h4-8H,9H2,1-3H3,(H,14,16,17). The summed E-state index contributed by atoms with van der Waals surface area (Å²) in [6.07, 6.45) is 5.58. The first kappa shape index (κ1) is 13.6. The summed E-state index contributed by atoms with van der Waals surface area (Å²) < 4.78 is 0. The smallest absolute Gasteiger partial charge is 0.191 e. The minimum atomic E-state index is 0.767. The van der Waals surface area contributed by atoms with E-state index in [0.29, 0.717) is 0 Å². The molecule has 0 fully saturated rings. The molecule has 6 heteroatoms. The highest BCUT2D eigenvalue weighted by atomic mass is 32.2. The molecule has 0 spiro atoms. The maximum Gasteiger partial charge on any atom is 0.191 e. The van der Waals surface area contributed by atoms with Crippen molar-refractivity contribution < 1.29 is 0 Å². The number of aromatic nitrogens is 3. The Kier molecular flexibility index (Phi) is 4.57. The van der Waals surface area contributed by atoms with Gasteiger partial charge in [-0.3, -0.25) is 4.98 Å². The van der Waals surface area contributed by atoms with Crippen LogP contribution in [0.1, 0.15) is 5.56 Å². The van der Waals surface area contributed by atoms with E-state index in [-0.39, 0.29) is 0 Å². The van der Waals surface area contributed by atoms with Crippen LogP contribution in [-0.2, 0) is 6.54 Å². The lowest BCUT2D eigenvalue weighted by atomic mass is 10.2. The number of pyridine rings is 1. The van der Waals surface area contributed by atoms with E-state index in [1.54, 1.807) is 12.4 Å². The van der Waals surface area contributed by atoms with Crippen molar-refractivity contribution in [1.82, 2.24) is 15.0 Å². The Morgan fingerprint density at radius 2 is 2.00 bits per heavy atom. The van der Waals surface area contributed by atoms with Gasteiger partial charge in [-0.05, 0) is 24.0 Å². The van der Waals surface area contributed by atoms with E-state index < -0.39 is 0 Å². The molecule has 2 aromatic heterocycles. The van der Waals surface area contributed by atoms with Crippen LogP contribution >= 0.6 is 11.8 Å². The normalized spacial score (nSPS) is 10.3. The fraction of sp³-hybridized carbons (Fsp3) is 0.308. The highest BCUT2D eigenvalue weighted by Crippen LogP contribution is 2.20. The number of hydrogen-bond donors (Lipinski definition) is 1. The predicted octanol–water partition coefficient (Wildman–Crippen LogP) is 2.27. The van der Waals surface area contributed by atoms with Gasteiger partial charge in [0, 0.05) is 39.1 Å². The van der Waals surface area contributed by atoms with Crippen LogP contribution in [0.25, 0.3) is 0 Å². The Hall–Kier alpha value is -1.82. The monoisotopic (exact) mass is 275 g/mol. The van der Waals surface area contributed by atoms with Gasteiger partial charge in [-0.25, -0.2) is 9.97 Å². The molecule has 100 valence electrons. The van der Waals surface area contributed by atoms with Crippen LogP contribution in [0.3, 0.4) is 0 Å². The summed E-state index contributed by atoms with van der Waals surface area (Å²) in [6, 6.07) is 5.96. The third-order valence-electron chi connectivity index (χ3n) is 2.69. The summed E-state index contributed by atoms with van der Waals surface area (Å²) in [7, 11) is 3.88. The maximum atomic E-state index is 4.52. The molecule has 0 saturated heterocycles. The molecule has 0 aliphatic heterocycles. The minimum Gasteiger partial charge on any atom is -0.373 e. The Bertz CT molecular complexity index is 510. The van der Waals surface area contributed by atoms with Gasteiger partial charge in [-0.1, -0.05) is 11.8 Å². The molecule has 0 radical (unpaired) electrons. The fourth-order valence-corrected chi connectivity index (χ4v) is 2.05. The quantitative estimate of drug-likeness (QED) is 0.667. The molecule has 1 N–H and O–H groups in total. The van der Waals surface area contributed by atoms with Crippen molar-refractivity contribution in [2.75, 3.05) is 30.6 Å². The lowest BCUT2D eigenvalue weighted by molar-refractivity contribution is 0.857. The van der Waals surface area contributed by atoms with E-state index in [1.807, 2.05) is 38.6 Å². The van der Waals surface area contributed by atoms with E-state index >= 15 is 0 Å². The van der Waals surface area contributed by atoms with Crippen LogP contribution in [0.5, 0.6) is 0 Å². The molecular weight excluding hydrogens is 258 g/mol. The number of thioether (sulfide) groups is 1. The number of anilines is 2. The van der Waals surface area contributed by atoms with Crippen molar-refractivity contribution >= 4 is 23.4 Å². The van der Waals surface area contributed by atoms with Gasteiger partial charge < -0.3 is 10.2 Å². The van der Waals surface area contributed by atoms with E-state index in [0.717, 1.165) is 23.3 Å². The van der Waals surface area contributed by atoms with Crippen LogP contribution < -0.4 is 10.2 Å². The second kappa shape index (κ2) is 6.38. The summed E-state index contributed by atoms with van der Waals surface area (Å²) >= 11 is 1.54. The van der Waals surface area contributed by atoms with Gasteiger partial charge in [0.25, 0.3) is 0 Å². The van der Waals surface area contributed by atoms with Gasteiger partial charge in [-0.15, -0.1) is 0 Å². The first-order valence-corrected chi connectivity index (χ1v) is 7.16. The molecule has 0 aliphatic rings. The summed E-state index contributed by atoms with van der Waals surface area (Å²) in [5.74, 6) is 1.73. The van der Waals surface area contributed by atoms with Crippen molar-refractivity contribution in [3.05, 3.63) is 36.2 Å². The van der Waals surface area contributed by atoms with Crippen molar-refractivity contribution in [3.63, 3.8) is 0 Å². The molecule has 0 bridgehead atoms. The zero-order valence-electron chi connectivity index (χ0n) is 11.3. The third-order valence-corrected chi connectivity index (χ3v) is 3.24. The van der Waals surface area contributed by atoms with Gasteiger partial charge in [0.05, 0.1) is 0 Å². The van der Waals surface area contributed by atoms with Gasteiger partial charge >= 0.3 is 0 Å². The number of rotatable bonds is 5. The highest BCUT2D eigenvalue weighted by Gasteiger charge is 2.08. The zero-order valence-corrected chi connectivity index (χ0v) is 12.1.